The Balaban J connectivity index is 1.59. The molecule has 7 nitrogen and oxygen atoms in total. The van der Waals surface area contributed by atoms with E-state index < -0.39 is 0 Å². The Morgan fingerprint density at radius 3 is 2.69 bits per heavy atom. The summed E-state index contributed by atoms with van der Waals surface area (Å²) < 4.78 is 12.8. The molecule has 2 aromatic heterocycles. The van der Waals surface area contributed by atoms with E-state index in [1.165, 1.54) is 0 Å². The summed E-state index contributed by atoms with van der Waals surface area (Å²) in [7, 11) is 0. The maximum atomic E-state index is 12.5. The van der Waals surface area contributed by atoms with Gasteiger partial charge in [-0.1, -0.05) is 30.3 Å². The Morgan fingerprint density at radius 1 is 1.17 bits per heavy atom. The lowest BCUT2D eigenvalue weighted by molar-refractivity contribution is 0.0515. The second-order valence-electron chi connectivity index (χ2n) is 7.12. The largest absolute Gasteiger partial charge is 0.462 e. The molecule has 0 amide bonds. The number of nitrogens with zero attached hydrogens (tertiary/aromatic N) is 3. The predicted octanol–water partition coefficient (Wildman–Crippen LogP) is 2.75. The minimum absolute atomic E-state index is 0.108. The van der Waals surface area contributed by atoms with Crippen LogP contribution < -0.4 is 0 Å². The van der Waals surface area contributed by atoms with Crippen molar-refractivity contribution in [1.82, 2.24) is 14.7 Å². The molecule has 0 saturated heterocycles. The lowest BCUT2D eigenvalue weighted by atomic mass is 10.0. The van der Waals surface area contributed by atoms with Gasteiger partial charge in [0.1, 0.15) is 18.1 Å². The zero-order chi connectivity index (χ0) is 20.2. The molecule has 4 rings (SSSR count). The summed E-state index contributed by atoms with van der Waals surface area (Å²) in [6, 6.07) is 13.8. The molecule has 0 atom stereocenters. The van der Waals surface area contributed by atoms with E-state index >= 15 is 0 Å². The van der Waals surface area contributed by atoms with Crippen molar-refractivity contribution in [3.8, 4) is 0 Å². The number of aliphatic hydroxyl groups excluding tert-OH is 1. The van der Waals surface area contributed by atoms with E-state index in [9.17, 15) is 9.90 Å². The summed E-state index contributed by atoms with van der Waals surface area (Å²) >= 11 is 0. The molecule has 3 heterocycles. The third-order valence-corrected chi connectivity index (χ3v) is 5.11. The molecule has 0 spiro atoms. The zero-order valence-corrected chi connectivity index (χ0v) is 16.5. The van der Waals surface area contributed by atoms with Crippen LogP contribution >= 0.6 is 0 Å². The van der Waals surface area contributed by atoms with E-state index in [0.29, 0.717) is 37.7 Å². The maximum Gasteiger partial charge on any atom is 0.359 e. The van der Waals surface area contributed by atoms with Crippen molar-refractivity contribution in [1.29, 1.82) is 0 Å². The number of esters is 1. The van der Waals surface area contributed by atoms with Gasteiger partial charge in [-0.2, -0.15) is 5.10 Å². The van der Waals surface area contributed by atoms with E-state index in [1.807, 2.05) is 28.9 Å². The van der Waals surface area contributed by atoms with Crippen LogP contribution in [-0.2, 0) is 37.4 Å². The van der Waals surface area contributed by atoms with Crippen LogP contribution in [0.5, 0.6) is 0 Å². The Labute approximate surface area is 169 Å². The summed E-state index contributed by atoms with van der Waals surface area (Å²) in [5, 5.41) is 13.8. The van der Waals surface area contributed by atoms with Crippen LogP contribution in [0.2, 0.25) is 0 Å². The minimum Gasteiger partial charge on any atom is -0.462 e. The highest BCUT2D eigenvalue weighted by molar-refractivity contribution is 5.89. The second kappa shape index (κ2) is 8.63. The standard InChI is InChI=1S/C22H25N3O4/c1-2-28-22(27)21-19-14-24(13-17-8-9-18(15-26)29-17)11-10-20(19)25(23-21)12-16-6-4-3-5-7-16/h3-9,26H,2,10-15H2,1H3. The molecule has 152 valence electrons. The highest BCUT2D eigenvalue weighted by atomic mass is 16.5. The maximum absolute atomic E-state index is 12.5. The molecule has 0 aliphatic carbocycles. The molecule has 29 heavy (non-hydrogen) atoms. The van der Waals surface area contributed by atoms with Gasteiger partial charge in [-0.3, -0.25) is 9.58 Å². The molecule has 1 aliphatic rings. The quantitative estimate of drug-likeness (QED) is 0.620. The zero-order valence-electron chi connectivity index (χ0n) is 16.5. The summed E-state index contributed by atoms with van der Waals surface area (Å²) in [4.78, 5) is 14.7. The van der Waals surface area contributed by atoms with Gasteiger partial charge in [0.25, 0.3) is 0 Å². The van der Waals surface area contributed by atoms with Gasteiger partial charge in [-0.05, 0) is 24.6 Å². The number of benzene rings is 1. The summed E-state index contributed by atoms with van der Waals surface area (Å²) in [5.74, 6) is 0.977. The normalized spacial score (nSPS) is 14.0. The highest BCUT2D eigenvalue weighted by Gasteiger charge is 2.29. The van der Waals surface area contributed by atoms with Crippen molar-refractivity contribution in [3.05, 3.63) is 76.5 Å². The molecule has 1 aromatic carbocycles. The van der Waals surface area contributed by atoms with Gasteiger partial charge in [0.2, 0.25) is 0 Å². The minimum atomic E-state index is -0.377. The third kappa shape index (κ3) is 4.26. The topological polar surface area (TPSA) is 80.7 Å². The number of carbonyl (C=O) groups excluding carboxylic acids is 1. The van der Waals surface area contributed by atoms with Crippen LogP contribution in [-0.4, -0.2) is 38.9 Å². The van der Waals surface area contributed by atoms with Crippen molar-refractivity contribution in [2.75, 3.05) is 13.2 Å². The van der Waals surface area contributed by atoms with E-state index in [2.05, 4.69) is 22.1 Å². The average Bonchev–Trinajstić information content (AvgIpc) is 3.33. The van der Waals surface area contributed by atoms with E-state index in [0.717, 1.165) is 35.5 Å². The molecular weight excluding hydrogens is 370 g/mol. The Morgan fingerprint density at radius 2 is 1.97 bits per heavy atom. The van der Waals surface area contributed by atoms with Gasteiger partial charge in [0.15, 0.2) is 5.69 Å². The molecule has 0 unspecified atom stereocenters. The molecule has 1 aliphatic heterocycles. The number of hydrogen-bond donors (Lipinski definition) is 1. The lowest BCUT2D eigenvalue weighted by Gasteiger charge is -2.26. The Kier molecular flexibility index (Phi) is 5.78. The van der Waals surface area contributed by atoms with Gasteiger partial charge in [0, 0.05) is 30.8 Å². The highest BCUT2D eigenvalue weighted by Crippen LogP contribution is 2.26. The van der Waals surface area contributed by atoms with Crippen molar-refractivity contribution in [2.24, 2.45) is 0 Å². The van der Waals surface area contributed by atoms with Gasteiger partial charge < -0.3 is 14.3 Å². The van der Waals surface area contributed by atoms with Crippen molar-refractivity contribution in [2.45, 2.75) is 39.6 Å². The number of rotatable bonds is 7. The molecule has 7 heteroatoms. The fourth-order valence-electron chi connectivity index (χ4n) is 3.74. The number of aromatic nitrogens is 2. The molecule has 0 fully saturated rings. The molecular formula is C22H25N3O4. The molecule has 0 saturated carbocycles. The first-order chi connectivity index (χ1) is 14.2. The van der Waals surface area contributed by atoms with E-state index in [4.69, 9.17) is 9.15 Å². The van der Waals surface area contributed by atoms with E-state index in [1.54, 1.807) is 13.0 Å². The first-order valence-electron chi connectivity index (χ1n) is 9.88. The van der Waals surface area contributed by atoms with Crippen molar-refractivity contribution < 1.29 is 19.1 Å². The summed E-state index contributed by atoms with van der Waals surface area (Å²) in [6.07, 6.45) is 0.794. The van der Waals surface area contributed by atoms with Crippen molar-refractivity contribution in [3.63, 3.8) is 0 Å². The monoisotopic (exact) mass is 395 g/mol. The third-order valence-electron chi connectivity index (χ3n) is 5.11. The van der Waals surface area contributed by atoms with Crippen LogP contribution in [0, 0.1) is 0 Å². The lowest BCUT2D eigenvalue weighted by Crippen LogP contribution is -2.31. The molecule has 0 radical (unpaired) electrons. The Bertz CT molecular complexity index is 977. The predicted molar refractivity (Wildman–Crippen MR) is 106 cm³/mol. The van der Waals surface area contributed by atoms with Gasteiger partial charge in [0.05, 0.1) is 19.7 Å². The molecule has 3 aromatic rings. The number of hydrogen-bond acceptors (Lipinski definition) is 6. The number of carbonyl (C=O) groups is 1. The van der Waals surface area contributed by atoms with Crippen molar-refractivity contribution >= 4 is 5.97 Å². The van der Waals surface area contributed by atoms with Crippen LogP contribution in [0.15, 0.2) is 46.9 Å². The fourth-order valence-corrected chi connectivity index (χ4v) is 3.74. The number of furan rings is 1. The van der Waals surface area contributed by atoms with E-state index in [-0.39, 0.29) is 12.6 Å². The number of fused-ring (bicyclic) bond motifs is 1. The van der Waals surface area contributed by atoms with Gasteiger partial charge >= 0.3 is 5.97 Å². The number of ether oxygens (including phenoxy) is 1. The van der Waals surface area contributed by atoms with Gasteiger partial charge in [-0.15, -0.1) is 0 Å². The Hall–Kier alpha value is -2.90. The molecule has 0 bridgehead atoms. The molecule has 1 N–H and O–H groups in total. The first-order valence-corrected chi connectivity index (χ1v) is 9.88. The average molecular weight is 395 g/mol. The summed E-state index contributed by atoms with van der Waals surface area (Å²) in [6.45, 7) is 4.69. The van der Waals surface area contributed by atoms with Crippen LogP contribution in [0.25, 0.3) is 0 Å². The SMILES string of the molecule is CCOC(=O)c1nn(Cc2ccccc2)c2c1CN(Cc1ccc(CO)o1)CC2. The van der Waals surface area contributed by atoms with Crippen LogP contribution in [0.1, 0.15) is 45.8 Å². The van der Waals surface area contributed by atoms with Crippen LogP contribution in [0.4, 0.5) is 0 Å². The van der Waals surface area contributed by atoms with Gasteiger partial charge in [-0.25, -0.2) is 4.79 Å². The fraction of sp³-hybridized carbons (Fsp3) is 0.364. The number of aliphatic hydroxyl groups is 1. The second-order valence-corrected chi connectivity index (χ2v) is 7.12. The van der Waals surface area contributed by atoms with Crippen LogP contribution in [0.3, 0.4) is 0 Å². The summed E-state index contributed by atoms with van der Waals surface area (Å²) in [5.41, 5.74) is 3.56. The smallest absolute Gasteiger partial charge is 0.359 e. The first kappa shape index (κ1) is 19.4.